The van der Waals surface area contributed by atoms with Crippen LogP contribution in [0, 0.1) is 0 Å². The van der Waals surface area contributed by atoms with Gasteiger partial charge in [0.2, 0.25) is 11.6 Å². The van der Waals surface area contributed by atoms with Crippen molar-refractivity contribution in [3.05, 3.63) is 90.2 Å². The number of anilines is 1. The van der Waals surface area contributed by atoms with E-state index in [9.17, 15) is 9.59 Å². The molecule has 0 amide bonds. The number of nitrogens with one attached hydrogen (secondary N) is 1. The van der Waals surface area contributed by atoms with Crippen molar-refractivity contribution >= 4 is 38.8 Å². The van der Waals surface area contributed by atoms with E-state index in [0.29, 0.717) is 0 Å². The zero-order chi connectivity index (χ0) is 18.4. The van der Waals surface area contributed by atoms with Gasteiger partial charge in [-0.15, -0.1) is 0 Å². The highest BCUT2D eigenvalue weighted by atomic mass is 16.1. The van der Waals surface area contributed by atoms with Gasteiger partial charge in [0.05, 0.1) is 11.3 Å². The first-order chi connectivity index (χ1) is 13.2. The zero-order valence-corrected chi connectivity index (χ0v) is 14.1. The number of carbonyl (C=O) groups excluding carboxylic acids is 2. The summed E-state index contributed by atoms with van der Waals surface area (Å²) in [5.41, 5.74) is 1.33. The summed E-state index contributed by atoms with van der Waals surface area (Å²) in [5, 5.41) is 7.62. The van der Waals surface area contributed by atoms with E-state index in [-0.39, 0.29) is 28.5 Å². The smallest absolute Gasteiger partial charge is 0.213 e. The van der Waals surface area contributed by atoms with Gasteiger partial charge in [0.1, 0.15) is 12.0 Å². The van der Waals surface area contributed by atoms with Crippen LogP contribution in [0.4, 0.5) is 5.69 Å². The summed E-state index contributed by atoms with van der Waals surface area (Å²) in [4.78, 5) is 32.6. The molecule has 0 radical (unpaired) electrons. The highest BCUT2D eigenvalue weighted by Gasteiger charge is 2.27. The molecule has 1 aliphatic carbocycles. The largest absolute Gasteiger partial charge is 0.352 e. The highest BCUT2D eigenvalue weighted by Crippen LogP contribution is 2.28. The van der Waals surface area contributed by atoms with E-state index in [0.717, 1.165) is 16.5 Å². The number of allylic oxidation sites excluding steroid dienone is 2. The first-order valence-corrected chi connectivity index (χ1v) is 8.50. The monoisotopic (exact) mass is 351 g/mol. The number of Topliss-reactive ketones (excluding diaryl/α,β-unsaturated/α-hetero) is 1. The van der Waals surface area contributed by atoms with Gasteiger partial charge in [0.25, 0.3) is 0 Å². The number of nitrogens with zero attached hydrogens (tertiary/aromatic N) is 2. The van der Waals surface area contributed by atoms with Gasteiger partial charge in [-0.05, 0) is 33.7 Å². The Labute approximate surface area is 154 Å². The van der Waals surface area contributed by atoms with Crippen molar-refractivity contribution in [3.63, 3.8) is 0 Å². The van der Waals surface area contributed by atoms with Crippen LogP contribution < -0.4 is 5.32 Å². The molecule has 3 aromatic carbocycles. The summed E-state index contributed by atoms with van der Waals surface area (Å²) in [6, 6.07) is 18.2. The van der Waals surface area contributed by atoms with Crippen LogP contribution in [0.25, 0.3) is 21.5 Å². The second-order valence-corrected chi connectivity index (χ2v) is 6.38. The number of rotatable bonds is 2. The van der Waals surface area contributed by atoms with Crippen molar-refractivity contribution in [1.29, 1.82) is 0 Å². The molecular formula is C22H13N3O2. The first-order valence-electron chi connectivity index (χ1n) is 8.50. The molecule has 27 heavy (non-hydrogen) atoms. The van der Waals surface area contributed by atoms with Crippen LogP contribution >= 0.6 is 0 Å². The predicted octanol–water partition coefficient (Wildman–Crippen LogP) is 4.16. The Bertz CT molecular complexity index is 1290. The van der Waals surface area contributed by atoms with Gasteiger partial charge < -0.3 is 5.32 Å². The lowest BCUT2D eigenvalue weighted by molar-refractivity contribution is 0.0981. The predicted molar refractivity (Wildman–Crippen MR) is 104 cm³/mol. The standard InChI is InChI=1S/C22H13N3O2/c26-20-10-19(22(27)18-11-23-12-24-21(18)20)25-15-7-8-17-14(9-15)6-5-13-3-1-2-4-16(13)17/h1-12,25H. The zero-order valence-electron chi connectivity index (χ0n) is 14.1. The number of ketones is 2. The summed E-state index contributed by atoms with van der Waals surface area (Å²) in [6.07, 6.45) is 3.94. The molecule has 0 atom stereocenters. The fraction of sp³-hybridized carbons (Fsp3) is 0. The number of carbonyl (C=O) groups is 2. The minimum absolute atomic E-state index is 0.144. The van der Waals surface area contributed by atoms with Crippen molar-refractivity contribution < 1.29 is 9.59 Å². The molecule has 1 aliphatic rings. The normalized spacial score (nSPS) is 13.6. The van der Waals surface area contributed by atoms with Crippen LogP contribution in [0.5, 0.6) is 0 Å². The highest BCUT2D eigenvalue weighted by molar-refractivity contribution is 6.24. The average molecular weight is 351 g/mol. The van der Waals surface area contributed by atoms with E-state index in [4.69, 9.17) is 0 Å². The summed E-state index contributed by atoms with van der Waals surface area (Å²) >= 11 is 0. The maximum absolute atomic E-state index is 12.6. The quantitative estimate of drug-likeness (QED) is 0.549. The van der Waals surface area contributed by atoms with Crippen molar-refractivity contribution in [3.8, 4) is 0 Å². The molecule has 0 unspecified atom stereocenters. The second kappa shape index (κ2) is 5.85. The minimum Gasteiger partial charge on any atom is -0.352 e. The minimum atomic E-state index is -0.304. The summed E-state index contributed by atoms with van der Waals surface area (Å²) in [7, 11) is 0. The molecule has 0 saturated carbocycles. The maximum atomic E-state index is 12.6. The lowest BCUT2D eigenvalue weighted by atomic mass is 9.98. The molecule has 4 aromatic rings. The van der Waals surface area contributed by atoms with Gasteiger partial charge >= 0.3 is 0 Å². The van der Waals surface area contributed by atoms with Crippen LogP contribution in [0.15, 0.2) is 78.9 Å². The molecule has 0 bridgehead atoms. The lowest BCUT2D eigenvalue weighted by Gasteiger charge is -2.16. The number of hydrogen-bond acceptors (Lipinski definition) is 5. The maximum Gasteiger partial charge on any atom is 0.213 e. The molecule has 1 N–H and O–H groups in total. The van der Waals surface area contributed by atoms with Crippen molar-refractivity contribution in [2.45, 2.75) is 0 Å². The topological polar surface area (TPSA) is 72.0 Å². The third-order valence-corrected chi connectivity index (χ3v) is 4.73. The molecule has 1 aromatic heterocycles. The molecule has 1 heterocycles. The second-order valence-electron chi connectivity index (χ2n) is 6.38. The molecule has 0 saturated heterocycles. The van der Waals surface area contributed by atoms with Gasteiger partial charge in [0, 0.05) is 18.0 Å². The number of aromatic nitrogens is 2. The third kappa shape index (κ3) is 2.48. The van der Waals surface area contributed by atoms with Crippen molar-refractivity contribution in [2.75, 3.05) is 5.32 Å². The van der Waals surface area contributed by atoms with Crippen molar-refractivity contribution in [2.24, 2.45) is 0 Å². The Balaban J connectivity index is 1.54. The Morgan fingerprint density at radius 2 is 1.67 bits per heavy atom. The van der Waals surface area contributed by atoms with Gasteiger partial charge in [-0.3, -0.25) is 9.59 Å². The van der Waals surface area contributed by atoms with Crippen LogP contribution in [0.2, 0.25) is 0 Å². The van der Waals surface area contributed by atoms with E-state index in [1.165, 1.54) is 29.4 Å². The van der Waals surface area contributed by atoms with E-state index < -0.39 is 0 Å². The molecular weight excluding hydrogens is 338 g/mol. The Kier molecular flexibility index (Phi) is 3.33. The third-order valence-electron chi connectivity index (χ3n) is 4.73. The number of benzene rings is 3. The molecule has 0 spiro atoms. The van der Waals surface area contributed by atoms with Crippen LogP contribution in [0.1, 0.15) is 20.8 Å². The van der Waals surface area contributed by atoms with Crippen LogP contribution in [0.3, 0.4) is 0 Å². The lowest BCUT2D eigenvalue weighted by Crippen LogP contribution is -2.22. The van der Waals surface area contributed by atoms with Gasteiger partial charge in [-0.25, -0.2) is 9.97 Å². The Morgan fingerprint density at radius 1 is 0.852 bits per heavy atom. The molecule has 0 fully saturated rings. The SMILES string of the molecule is O=C1C(Nc2ccc3c(ccc4ccccc43)c2)=CC(=O)c2ncncc21. The Morgan fingerprint density at radius 3 is 2.59 bits per heavy atom. The molecule has 5 rings (SSSR count). The first kappa shape index (κ1) is 15.4. The van der Waals surface area contributed by atoms with Gasteiger partial charge in [-0.1, -0.05) is 42.5 Å². The molecule has 5 heteroatoms. The molecule has 5 nitrogen and oxygen atoms in total. The summed E-state index contributed by atoms with van der Waals surface area (Å²) in [5.74, 6) is -0.593. The van der Waals surface area contributed by atoms with E-state index >= 15 is 0 Å². The van der Waals surface area contributed by atoms with E-state index in [2.05, 4.69) is 33.5 Å². The number of fused-ring (bicyclic) bond motifs is 4. The fourth-order valence-corrected chi connectivity index (χ4v) is 3.44. The molecule has 128 valence electrons. The average Bonchev–Trinajstić information content (AvgIpc) is 2.71. The van der Waals surface area contributed by atoms with Gasteiger partial charge in [-0.2, -0.15) is 0 Å². The van der Waals surface area contributed by atoms with E-state index in [1.807, 2.05) is 36.4 Å². The van der Waals surface area contributed by atoms with Crippen molar-refractivity contribution in [1.82, 2.24) is 9.97 Å². The van der Waals surface area contributed by atoms with Crippen LogP contribution in [-0.2, 0) is 0 Å². The van der Waals surface area contributed by atoms with E-state index in [1.54, 1.807) is 0 Å². The van der Waals surface area contributed by atoms with Crippen LogP contribution in [-0.4, -0.2) is 21.5 Å². The summed E-state index contributed by atoms with van der Waals surface area (Å²) in [6.45, 7) is 0. The summed E-state index contributed by atoms with van der Waals surface area (Å²) < 4.78 is 0. The fourth-order valence-electron chi connectivity index (χ4n) is 3.44. The number of hydrogen-bond donors (Lipinski definition) is 1. The van der Waals surface area contributed by atoms with Gasteiger partial charge in [0.15, 0.2) is 0 Å². The molecule has 0 aliphatic heterocycles. The Hall–Kier alpha value is -3.86.